The van der Waals surface area contributed by atoms with Crippen LogP contribution in [0.3, 0.4) is 0 Å². The number of nitrogens with zero attached hydrogens (tertiary/aromatic N) is 2. The number of hydrogen-bond acceptors (Lipinski definition) is 7. The fourth-order valence-electron chi connectivity index (χ4n) is 2.92. The van der Waals surface area contributed by atoms with E-state index in [0.717, 1.165) is 28.6 Å². The van der Waals surface area contributed by atoms with Crippen molar-refractivity contribution in [3.63, 3.8) is 0 Å². The third-order valence-electron chi connectivity index (χ3n) is 4.10. The molecule has 0 atom stereocenters. The van der Waals surface area contributed by atoms with E-state index in [-0.39, 0.29) is 17.3 Å². The van der Waals surface area contributed by atoms with Gasteiger partial charge in [0.2, 0.25) is 5.75 Å². The summed E-state index contributed by atoms with van der Waals surface area (Å²) in [6, 6.07) is 8.62. The molecule has 0 unspecified atom stereocenters. The second-order valence-corrected chi connectivity index (χ2v) is 7.38. The molecule has 29 heavy (non-hydrogen) atoms. The Morgan fingerprint density at radius 2 is 1.72 bits per heavy atom. The van der Waals surface area contributed by atoms with Crippen LogP contribution in [0.15, 0.2) is 40.2 Å². The molecule has 1 saturated heterocycles. The number of aryl methyl sites for hydroxylation is 2. The molecule has 0 aliphatic carbocycles. The highest BCUT2D eigenvalue weighted by Crippen LogP contribution is 2.37. The zero-order chi connectivity index (χ0) is 21.1. The van der Waals surface area contributed by atoms with Gasteiger partial charge in [-0.15, -0.1) is 0 Å². The van der Waals surface area contributed by atoms with Gasteiger partial charge in [0.15, 0.2) is 5.17 Å². The molecule has 0 radical (unpaired) electrons. The lowest BCUT2D eigenvalue weighted by molar-refractivity contribution is -0.385. The lowest BCUT2D eigenvalue weighted by atomic mass is 10.1. The molecule has 9 heteroatoms. The molecule has 2 aromatic carbocycles. The number of methoxy groups -OCH3 is 2. The fourth-order valence-corrected chi connectivity index (χ4v) is 3.75. The maximum absolute atomic E-state index is 12.4. The Hall–Kier alpha value is -3.33. The highest BCUT2D eigenvalue weighted by Gasteiger charge is 2.26. The van der Waals surface area contributed by atoms with Crippen molar-refractivity contribution in [1.29, 1.82) is 0 Å². The number of nitro benzene ring substituents is 1. The summed E-state index contributed by atoms with van der Waals surface area (Å²) in [5.74, 6) is 0.0984. The number of amidine groups is 1. The Morgan fingerprint density at radius 3 is 2.31 bits per heavy atom. The minimum absolute atomic E-state index is 0.0783. The highest BCUT2D eigenvalue weighted by molar-refractivity contribution is 8.18. The SMILES string of the molecule is COc1cc(OC)c([N+](=O)[O-])cc1/C=C1\SC(=Nc2cc(C)cc(C)c2)NC1=O. The van der Waals surface area contributed by atoms with Gasteiger partial charge in [0.1, 0.15) is 5.75 Å². The summed E-state index contributed by atoms with van der Waals surface area (Å²) in [5.41, 5.74) is 3.07. The van der Waals surface area contributed by atoms with E-state index in [1.165, 1.54) is 32.4 Å². The van der Waals surface area contributed by atoms with Crippen LogP contribution in [-0.2, 0) is 4.79 Å². The number of nitrogens with one attached hydrogen (secondary N) is 1. The summed E-state index contributed by atoms with van der Waals surface area (Å²) < 4.78 is 10.4. The summed E-state index contributed by atoms with van der Waals surface area (Å²) in [6.45, 7) is 3.95. The molecule has 0 saturated carbocycles. The number of nitro groups is 1. The first kappa shape index (κ1) is 20.4. The van der Waals surface area contributed by atoms with Crippen molar-refractivity contribution in [1.82, 2.24) is 5.32 Å². The molecule has 3 rings (SSSR count). The Balaban J connectivity index is 1.97. The number of thioether (sulfide) groups is 1. The van der Waals surface area contributed by atoms with Crippen molar-refractivity contribution in [3.05, 3.63) is 62.0 Å². The van der Waals surface area contributed by atoms with Gasteiger partial charge in [0.25, 0.3) is 5.91 Å². The molecule has 1 aliphatic rings. The van der Waals surface area contributed by atoms with Crippen LogP contribution in [0.4, 0.5) is 11.4 Å². The van der Waals surface area contributed by atoms with Gasteiger partial charge < -0.3 is 14.8 Å². The number of hydrogen-bond donors (Lipinski definition) is 1. The van der Waals surface area contributed by atoms with E-state index < -0.39 is 4.92 Å². The van der Waals surface area contributed by atoms with Crippen LogP contribution >= 0.6 is 11.8 Å². The molecule has 0 aromatic heterocycles. The Kier molecular flexibility index (Phi) is 5.88. The second kappa shape index (κ2) is 8.36. The molecule has 1 aliphatic heterocycles. The number of benzene rings is 2. The summed E-state index contributed by atoms with van der Waals surface area (Å²) in [6.07, 6.45) is 1.54. The van der Waals surface area contributed by atoms with Gasteiger partial charge >= 0.3 is 5.69 Å². The normalized spacial score (nSPS) is 16.2. The predicted molar refractivity (Wildman–Crippen MR) is 113 cm³/mol. The molecule has 1 amide bonds. The molecule has 2 aromatic rings. The summed E-state index contributed by atoms with van der Waals surface area (Å²) in [5, 5.41) is 14.5. The van der Waals surface area contributed by atoms with Crippen LogP contribution in [0, 0.1) is 24.0 Å². The quantitative estimate of drug-likeness (QED) is 0.449. The third-order valence-corrected chi connectivity index (χ3v) is 5.01. The standard InChI is InChI=1S/C20H19N3O5S/c1-11-5-12(2)7-14(6-11)21-20-22-19(24)18(29-20)9-13-8-15(23(25)26)17(28-4)10-16(13)27-3/h5-10H,1-4H3,(H,21,22,24)/b18-9-. The number of rotatable bonds is 5. The summed E-state index contributed by atoms with van der Waals surface area (Å²) >= 11 is 1.16. The molecule has 0 bridgehead atoms. The number of ether oxygens (including phenoxy) is 2. The monoisotopic (exact) mass is 413 g/mol. The Morgan fingerprint density at radius 1 is 1.07 bits per heavy atom. The molecule has 1 heterocycles. The van der Waals surface area contributed by atoms with Crippen molar-refractivity contribution >= 4 is 40.3 Å². The van der Waals surface area contributed by atoms with E-state index in [0.29, 0.717) is 21.4 Å². The van der Waals surface area contributed by atoms with Gasteiger partial charge in [-0.05, 0) is 54.9 Å². The van der Waals surface area contributed by atoms with Crippen LogP contribution in [0.25, 0.3) is 6.08 Å². The first-order chi connectivity index (χ1) is 13.8. The van der Waals surface area contributed by atoms with Crippen molar-refractivity contribution in [2.24, 2.45) is 4.99 Å². The second-order valence-electron chi connectivity index (χ2n) is 6.35. The lowest BCUT2D eigenvalue weighted by Gasteiger charge is -2.08. The van der Waals surface area contributed by atoms with Gasteiger partial charge in [-0.3, -0.25) is 14.9 Å². The maximum atomic E-state index is 12.4. The van der Waals surface area contributed by atoms with E-state index in [1.807, 2.05) is 32.0 Å². The van der Waals surface area contributed by atoms with Crippen molar-refractivity contribution in [3.8, 4) is 11.5 Å². The largest absolute Gasteiger partial charge is 0.496 e. The van der Waals surface area contributed by atoms with Crippen molar-refractivity contribution < 1.29 is 19.2 Å². The molecular formula is C20H19N3O5S. The van der Waals surface area contributed by atoms with Crippen LogP contribution in [0.2, 0.25) is 0 Å². The van der Waals surface area contributed by atoms with Crippen LogP contribution in [0.1, 0.15) is 16.7 Å². The van der Waals surface area contributed by atoms with Gasteiger partial charge in [-0.25, -0.2) is 4.99 Å². The van der Waals surface area contributed by atoms with Gasteiger partial charge in [-0.1, -0.05) is 6.07 Å². The molecule has 0 spiro atoms. The first-order valence-electron chi connectivity index (χ1n) is 8.59. The van der Waals surface area contributed by atoms with E-state index in [1.54, 1.807) is 0 Å². The number of carbonyl (C=O) groups is 1. The van der Waals surface area contributed by atoms with Gasteiger partial charge in [0.05, 0.1) is 29.7 Å². The zero-order valence-electron chi connectivity index (χ0n) is 16.3. The van der Waals surface area contributed by atoms with E-state index >= 15 is 0 Å². The smallest absolute Gasteiger partial charge is 0.311 e. The van der Waals surface area contributed by atoms with E-state index in [4.69, 9.17) is 9.47 Å². The topological polar surface area (TPSA) is 103 Å². The lowest BCUT2D eigenvalue weighted by Crippen LogP contribution is -2.19. The minimum Gasteiger partial charge on any atom is -0.496 e. The zero-order valence-corrected chi connectivity index (χ0v) is 17.1. The van der Waals surface area contributed by atoms with Crippen LogP contribution < -0.4 is 14.8 Å². The number of aliphatic imine (C=N–C) groups is 1. The van der Waals surface area contributed by atoms with Gasteiger partial charge in [-0.2, -0.15) is 0 Å². The molecule has 1 N–H and O–H groups in total. The van der Waals surface area contributed by atoms with Crippen molar-refractivity contribution in [2.75, 3.05) is 14.2 Å². The fraction of sp³-hybridized carbons (Fsp3) is 0.200. The Labute approximate surface area is 171 Å². The number of carbonyl (C=O) groups excluding carboxylic acids is 1. The van der Waals surface area contributed by atoms with Gasteiger partial charge in [0, 0.05) is 17.7 Å². The molecule has 8 nitrogen and oxygen atoms in total. The maximum Gasteiger partial charge on any atom is 0.311 e. The van der Waals surface area contributed by atoms with Crippen LogP contribution in [0.5, 0.6) is 11.5 Å². The minimum atomic E-state index is -0.547. The Bertz CT molecular complexity index is 1040. The van der Waals surface area contributed by atoms with E-state index in [2.05, 4.69) is 10.3 Å². The molecule has 150 valence electrons. The highest BCUT2D eigenvalue weighted by atomic mass is 32.2. The summed E-state index contributed by atoms with van der Waals surface area (Å²) in [7, 11) is 2.79. The average molecular weight is 413 g/mol. The van der Waals surface area contributed by atoms with E-state index in [9.17, 15) is 14.9 Å². The molecule has 1 fully saturated rings. The third kappa shape index (κ3) is 4.57. The average Bonchev–Trinajstić information content (AvgIpc) is 2.99. The first-order valence-corrected chi connectivity index (χ1v) is 9.40. The number of amides is 1. The summed E-state index contributed by atoms with van der Waals surface area (Å²) in [4.78, 5) is 28.0. The van der Waals surface area contributed by atoms with Crippen LogP contribution in [-0.4, -0.2) is 30.2 Å². The predicted octanol–water partition coefficient (Wildman–Crippen LogP) is 4.12. The molecular weight excluding hydrogens is 394 g/mol. The van der Waals surface area contributed by atoms with Crippen molar-refractivity contribution in [2.45, 2.75) is 13.8 Å².